The number of anilines is 2. The molecule has 52 heavy (non-hydrogen) atoms. The first kappa shape index (κ1) is 40.7. The summed E-state index contributed by atoms with van der Waals surface area (Å²) in [4.78, 5) is 32.5. The molecule has 20 heteroatoms. The van der Waals surface area contributed by atoms with E-state index < -0.39 is 41.6 Å². The van der Waals surface area contributed by atoms with E-state index >= 15 is 0 Å². The summed E-state index contributed by atoms with van der Waals surface area (Å²) < 4.78 is 82.5. The molecule has 2 heterocycles. The zero-order valence-corrected chi connectivity index (χ0v) is 33.4. The van der Waals surface area contributed by atoms with Crippen LogP contribution in [0.1, 0.15) is 32.1 Å². The van der Waals surface area contributed by atoms with Crippen molar-refractivity contribution in [3.05, 3.63) is 108 Å². The number of Topliss-reactive ketones (excluding diaryl/α,β-unsaturated/α-hetero) is 2. The number of nitrogens with one attached hydrogen (secondary N) is 2. The van der Waals surface area contributed by atoms with Crippen molar-refractivity contribution in [3.8, 4) is 22.6 Å². The largest absolute Gasteiger partial charge is 1.00 e. The van der Waals surface area contributed by atoms with Crippen LogP contribution in [0.25, 0.3) is 20.9 Å². The van der Waals surface area contributed by atoms with Crippen LogP contribution in [0.15, 0.2) is 95.4 Å². The Kier molecular flexibility index (Phi) is 12.8. The second kappa shape index (κ2) is 16.3. The van der Waals surface area contributed by atoms with Gasteiger partial charge in [0.25, 0.3) is 0 Å². The van der Waals surface area contributed by atoms with E-state index in [0.717, 1.165) is 12.2 Å². The van der Waals surface area contributed by atoms with E-state index in [1.807, 2.05) is 0 Å². The average Bonchev–Trinajstić information content (AvgIpc) is 3.10. The van der Waals surface area contributed by atoms with Crippen molar-refractivity contribution in [2.45, 2.75) is 0 Å². The molecule has 2 aliphatic carbocycles. The Morgan fingerprint density at radius 3 is 1.35 bits per heavy atom. The number of methoxy groups -OCH3 is 2. The van der Waals surface area contributed by atoms with Gasteiger partial charge in [-0.05, 0) is 60.7 Å². The van der Waals surface area contributed by atoms with Gasteiger partial charge in [0.1, 0.15) is 54.5 Å². The number of hydrogen-bond donors (Lipinski definition) is 2. The standard InChI is InChI=1S/C32H24N6O10S2.2Na/c1-47-25-13-17(35-37-23-15-27(49(41,42)43)21-5-3-11-33-29(21)31(23)39)7-9-19(25)20-10-8-18(14-26(20)48-2)36-38-24-16-28(50(44,45)46)22-6-4-12-34-30(22)32(24)40;;/h3-16,35-36H,1-2H3,(H,41,42,43)(H,44,45,46);;/q;2*+1/p-2/b37-23-,38-24-;;. The minimum atomic E-state index is -4.95. The molecular weight excluding hydrogens is 738 g/mol. The number of carbonyl (C=O) groups is 2. The predicted molar refractivity (Wildman–Crippen MR) is 180 cm³/mol. The molecule has 0 aliphatic heterocycles. The van der Waals surface area contributed by atoms with Gasteiger partial charge in [0, 0.05) is 46.8 Å². The Morgan fingerprint density at radius 2 is 1.00 bits per heavy atom. The van der Waals surface area contributed by atoms with Gasteiger partial charge in [-0.25, -0.2) is 16.8 Å². The van der Waals surface area contributed by atoms with Crippen LogP contribution >= 0.6 is 0 Å². The third-order valence-electron chi connectivity index (χ3n) is 7.42. The van der Waals surface area contributed by atoms with E-state index in [-0.39, 0.29) is 93.1 Å². The molecule has 2 aliphatic rings. The van der Waals surface area contributed by atoms with Crippen LogP contribution in [-0.2, 0) is 20.2 Å². The summed E-state index contributed by atoms with van der Waals surface area (Å²) in [5, 5.41) is 8.06. The van der Waals surface area contributed by atoms with Gasteiger partial charge in [-0.15, -0.1) is 0 Å². The third-order valence-corrected chi connectivity index (χ3v) is 9.17. The number of pyridine rings is 2. The number of fused-ring (bicyclic) bond motifs is 2. The number of hydrazone groups is 2. The molecule has 0 atom stereocenters. The number of hydrogen-bond acceptors (Lipinski definition) is 16. The van der Waals surface area contributed by atoms with Crippen LogP contribution in [-0.4, -0.2) is 73.1 Å². The van der Waals surface area contributed by atoms with Crippen molar-refractivity contribution in [3.63, 3.8) is 0 Å². The van der Waals surface area contributed by atoms with Gasteiger partial charge in [-0.1, -0.05) is 0 Å². The van der Waals surface area contributed by atoms with Crippen molar-refractivity contribution in [2.24, 2.45) is 10.2 Å². The van der Waals surface area contributed by atoms with Crippen molar-refractivity contribution in [1.82, 2.24) is 9.97 Å². The smallest absolute Gasteiger partial charge is 0.744 e. The molecule has 16 nitrogen and oxygen atoms in total. The fraction of sp³-hybridized carbons (Fsp3) is 0.0625. The van der Waals surface area contributed by atoms with E-state index in [2.05, 4.69) is 31.0 Å². The second-order valence-electron chi connectivity index (χ2n) is 10.4. The SMILES string of the molecule is COc1cc(N/N=C2/C=C(S(=O)(=O)[O-])c3cccnc3C2=O)ccc1-c1ccc(N/N=C2/C=C(S(=O)(=O)[O-])c3cccnc3C2=O)cc1OC.[Na+].[Na+]. The van der Waals surface area contributed by atoms with E-state index in [1.54, 1.807) is 36.4 Å². The zero-order valence-electron chi connectivity index (χ0n) is 27.8. The Bertz CT molecular complexity index is 2300. The molecule has 0 saturated carbocycles. The van der Waals surface area contributed by atoms with Crippen molar-refractivity contribution >= 4 is 64.4 Å². The van der Waals surface area contributed by atoms with Crippen LogP contribution in [0.5, 0.6) is 11.5 Å². The maximum atomic E-state index is 12.9. The number of carbonyl (C=O) groups excluding carboxylic acids is 2. The van der Waals surface area contributed by atoms with E-state index in [4.69, 9.17) is 9.47 Å². The molecule has 0 fully saturated rings. The molecule has 2 N–H and O–H groups in total. The summed E-state index contributed by atoms with van der Waals surface area (Å²) in [6, 6.07) is 15.1. The Hall–Kier alpha value is -4.08. The van der Waals surface area contributed by atoms with Crippen LogP contribution < -0.4 is 79.4 Å². The summed E-state index contributed by atoms with van der Waals surface area (Å²) >= 11 is 0. The van der Waals surface area contributed by atoms with Gasteiger partial charge in [0.2, 0.25) is 11.6 Å². The van der Waals surface area contributed by atoms with Crippen LogP contribution in [0.4, 0.5) is 11.4 Å². The number of aromatic nitrogens is 2. The number of allylic oxidation sites excluding steroid dienone is 2. The number of ether oxygens (including phenoxy) is 2. The average molecular weight is 761 g/mol. The molecule has 0 amide bonds. The first-order chi connectivity index (χ1) is 23.8. The monoisotopic (exact) mass is 760 g/mol. The summed E-state index contributed by atoms with van der Waals surface area (Å²) in [6.45, 7) is 0. The van der Waals surface area contributed by atoms with Crippen LogP contribution in [0.3, 0.4) is 0 Å². The van der Waals surface area contributed by atoms with Gasteiger partial charge in [0.05, 0.1) is 35.4 Å². The molecule has 0 saturated heterocycles. The maximum absolute atomic E-state index is 12.9. The summed E-state index contributed by atoms with van der Waals surface area (Å²) in [5.41, 5.74) is 5.80. The quantitative estimate of drug-likeness (QED) is 0.100. The fourth-order valence-electron chi connectivity index (χ4n) is 5.14. The Balaban J connectivity index is 0.00000302. The third kappa shape index (κ3) is 8.26. The van der Waals surface area contributed by atoms with Crippen LogP contribution in [0.2, 0.25) is 0 Å². The van der Waals surface area contributed by atoms with Gasteiger partial charge in [-0.2, -0.15) is 10.2 Å². The molecule has 0 unspecified atom stereocenters. The second-order valence-corrected chi connectivity index (χ2v) is 13.1. The molecular formula is C32H22N6Na2O10S2. The van der Waals surface area contributed by atoms with Gasteiger partial charge in [0.15, 0.2) is 0 Å². The van der Waals surface area contributed by atoms with Gasteiger partial charge >= 0.3 is 59.1 Å². The maximum Gasteiger partial charge on any atom is 1.00 e. The van der Waals surface area contributed by atoms with E-state index in [1.165, 1.54) is 50.9 Å². The van der Waals surface area contributed by atoms with Gasteiger partial charge < -0.3 is 18.6 Å². The van der Waals surface area contributed by atoms with Crippen molar-refractivity contribution in [2.75, 3.05) is 25.1 Å². The van der Waals surface area contributed by atoms with Crippen molar-refractivity contribution < 1.29 is 104 Å². The number of nitrogens with zero attached hydrogens (tertiary/aromatic N) is 4. The first-order valence-electron chi connectivity index (χ1n) is 14.2. The van der Waals surface area contributed by atoms with Crippen LogP contribution in [0, 0.1) is 0 Å². The Morgan fingerprint density at radius 1 is 0.615 bits per heavy atom. The topological polar surface area (TPSA) is 242 Å². The van der Waals surface area contributed by atoms with E-state index in [0.29, 0.717) is 34.0 Å². The molecule has 2 aromatic carbocycles. The molecule has 2 aromatic heterocycles. The zero-order chi connectivity index (χ0) is 35.8. The number of ketones is 2. The van der Waals surface area contributed by atoms with E-state index in [9.17, 15) is 35.5 Å². The number of rotatable bonds is 9. The minimum absolute atomic E-state index is 0. The predicted octanol–water partition coefficient (Wildman–Crippen LogP) is -2.73. The summed E-state index contributed by atoms with van der Waals surface area (Å²) in [7, 11) is -7.06. The Labute approximate surface area is 341 Å². The molecule has 0 spiro atoms. The number of benzene rings is 2. The summed E-state index contributed by atoms with van der Waals surface area (Å²) in [5.74, 6) is -0.696. The molecule has 6 rings (SSSR count). The fourth-order valence-corrected chi connectivity index (χ4v) is 6.52. The molecule has 0 bridgehead atoms. The minimum Gasteiger partial charge on any atom is -0.744 e. The first-order valence-corrected chi connectivity index (χ1v) is 17.0. The molecule has 4 aromatic rings. The normalized spacial score (nSPS) is 15.3. The molecule has 254 valence electrons. The summed E-state index contributed by atoms with van der Waals surface area (Å²) in [6.07, 6.45) is 4.36. The van der Waals surface area contributed by atoms with Crippen molar-refractivity contribution in [1.29, 1.82) is 0 Å². The molecule has 0 radical (unpaired) electrons. The van der Waals surface area contributed by atoms with Gasteiger partial charge in [-0.3, -0.25) is 30.4 Å².